The number of nitrogens with one attached hydrogen (secondary N) is 1. The Kier molecular flexibility index (Phi) is 8.94. The molecule has 0 bridgehead atoms. The van der Waals surface area contributed by atoms with Gasteiger partial charge in [0.25, 0.3) is 0 Å². The first kappa shape index (κ1) is 26.2. The zero-order chi connectivity index (χ0) is 26.1. The summed E-state index contributed by atoms with van der Waals surface area (Å²) in [7, 11) is 5.28. The van der Waals surface area contributed by atoms with Gasteiger partial charge in [-0.1, -0.05) is 18.2 Å². The predicted octanol–water partition coefficient (Wildman–Crippen LogP) is 5.24. The highest BCUT2D eigenvalue weighted by Gasteiger charge is 2.24. The van der Waals surface area contributed by atoms with Crippen molar-refractivity contribution in [2.45, 2.75) is 13.8 Å². The van der Waals surface area contributed by atoms with Crippen molar-refractivity contribution in [1.82, 2.24) is 0 Å². The van der Waals surface area contributed by atoms with E-state index in [-0.39, 0.29) is 0 Å². The zero-order valence-corrected chi connectivity index (χ0v) is 21.4. The van der Waals surface area contributed by atoms with Gasteiger partial charge in [0, 0.05) is 32.0 Å². The number of nitrogens with two attached hydrogens (primary N) is 1. The molecule has 3 aromatic rings. The lowest BCUT2D eigenvalue weighted by molar-refractivity contribution is -0.106. The van der Waals surface area contributed by atoms with Gasteiger partial charge in [0.15, 0.2) is 5.84 Å². The number of carbonyl (C=O) groups is 1. The molecule has 0 radical (unpaired) electrons. The highest BCUT2D eigenvalue weighted by atomic mass is 16.5. The number of likely N-dealkylation sites (N-methyl/N-ethyl adjacent to an activating group) is 1. The number of anilines is 3. The zero-order valence-electron chi connectivity index (χ0n) is 21.4. The number of carbonyl (C=O) groups excluding carboxylic acids is 1. The summed E-state index contributed by atoms with van der Waals surface area (Å²) >= 11 is 0. The molecule has 188 valence electrons. The Hall–Kier alpha value is -4.46. The summed E-state index contributed by atoms with van der Waals surface area (Å²) < 4.78 is 11.3. The van der Waals surface area contributed by atoms with E-state index in [1.165, 1.54) is 4.90 Å². The van der Waals surface area contributed by atoms with E-state index in [0.717, 1.165) is 23.5 Å². The number of amidine groups is 1. The summed E-state index contributed by atoms with van der Waals surface area (Å²) in [4.78, 5) is 20.4. The van der Waals surface area contributed by atoms with Crippen molar-refractivity contribution in [2.24, 2.45) is 10.7 Å². The minimum atomic E-state index is 0.437. The summed E-state index contributed by atoms with van der Waals surface area (Å²) in [5.41, 5.74) is 9.73. The SMILES string of the molecule is CCN=C(/C(=C(\C)N)N(C)c1ccc(Oc2ccccc2)cc1)N(C=O)c1ccc(OC)c(NC)c1. The largest absolute Gasteiger partial charge is 0.495 e. The molecule has 0 spiro atoms. The predicted molar refractivity (Wildman–Crippen MR) is 147 cm³/mol. The standard InChI is InChI=1S/C28H33N5O3/c1-6-31-28(33(19-34)22-14-17-26(35-5)25(18-22)30-3)27(20(2)29)32(4)21-12-15-24(16-13-21)36-23-10-8-7-9-11-23/h7-19,30H,6,29H2,1-5H3/b27-20-,31-28?. The molecule has 0 heterocycles. The first-order valence-electron chi connectivity index (χ1n) is 11.6. The molecule has 0 aromatic heterocycles. The molecule has 0 aliphatic heterocycles. The van der Waals surface area contributed by atoms with Crippen LogP contribution < -0.4 is 30.3 Å². The van der Waals surface area contributed by atoms with Gasteiger partial charge in [-0.25, -0.2) is 0 Å². The molecule has 3 aromatic carbocycles. The van der Waals surface area contributed by atoms with Crippen LogP contribution in [0, 0.1) is 0 Å². The van der Waals surface area contributed by atoms with E-state index in [2.05, 4.69) is 10.3 Å². The van der Waals surface area contributed by atoms with Crippen molar-refractivity contribution in [3.63, 3.8) is 0 Å². The van der Waals surface area contributed by atoms with Crippen LogP contribution >= 0.6 is 0 Å². The Morgan fingerprint density at radius 2 is 1.67 bits per heavy atom. The van der Waals surface area contributed by atoms with E-state index in [4.69, 9.17) is 15.2 Å². The monoisotopic (exact) mass is 487 g/mol. The van der Waals surface area contributed by atoms with Crippen molar-refractivity contribution in [2.75, 3.05) is 42.9 Å². The van der Waals surface area contributed by atoms with Gasteiger partial charge in [-0.3, -0.25) is 14.7 Å². The molecular formula is C28H33N5O3. The third-order valence-electron chi connectivity index (χ3n) is 5.50. The van der Waals surface area contributed by atoms with Crippen LogP contribution in [0.4, 0.5) is 17.1 Å². The third-order valence-corrected chi connectivity index (χ3v) is 5.50. The Bertz CT molecular complexity index is 1220. The number of hydrogen-bond acceptors (Lipinski definition) is 7. The molecule has 36 heavy (non-hydrogen) atoms. The summed E-state index contributed by atoms with van der Waals surface area (Å²) in [5.74, 6) is 2.58. The van der Waals surface area contributed by atoms with E-state index < -0.39 is 0 Å². The molecule has 1 amide bonds. The summed E-state index contributed by atoms with van der Waals surface area (Å²) in [6.07, 6.45) is 0.739. The number of methoxy groups -OCH3 is 1. The molecule has 0 fully saturated rings. The van der Waals surface area contributed by atoms with Gasteiger partial charge in [0.2, 0.25) is 6.41 Å². The van der Waals surface area contributed by atoms with Gasteiger partial charge in [-0.15, -0.1) is 0 Å². The molecule has 3 rings (SSSR count). The van der Waals surface area contributed by atoms with E-state index in [0.29, 0.717) is 41.0 Å². The van der Waals surface area contributed by atoms with Crippen molar-refractivity contribution < 1.29 is 14.3 Å². The highest BCUT2D eigenvalue weighted by Crippen LogP contribution is 2.31. The van der Waals surface area contributed by atoms with Gasteiger partial charge >= 0.3 is 0 Å². The number of aliphatic imine (C=N–C) groups is 1. The lowest BCUT2D eigenvalue weighted by Crippen LogP contribution is -2.38. The van der Waals surface area contributed by atoms with Crippen molar-refractivity contribution in [3.05, 3.63) is 84.2 Å². The van der Waals surface area contributed by atoms with Crippen molar-refractivity contribution in [1.29, 1.82) is 0 Å². The van der Waals surface area contributed by atoms with Crippen LogP contribution in [0.2, 0.25) is 0 Å². The second-order valence-electron chi connectivity index (χ2n) is 7.91. The number of para-hydroxylation sites is 1. The lowest BCUT2D eigenvalue weighted by Gasteiger charge is -2.30. The van der Waals surface area contributed by atoms with Crippen LogP contribution in [0.15, 0.2) is 89.2 Å². The summed E-state index contributed by atoms with van der Waals surface area (Å²) in [6.45, 7) is 4.17. The van der Waals surface area contributed by atoms with Crippen LogP contribution in [-0.2, 0) is 4.79 Å². The van der Waals surface area contributed by atoms with Crippen LogP contribution in [-0.4, -0.2) is 40.0 Å². The maximum Gasteiger partial charge on any atom is 0.219 e. The van der Waals surface area contributed by atoms with E-state index in [1.807, 2.05) is 79.5 Å². The average Bonchev–Trinajstić information content (AvgIpc) is 2.90. The van der Waals surface area contributed by atoms with E-state index in [9.17, 15) is 4.79 Å². The number of rotatable bonds is 10. The average molecular weight is 488 g/mol. The number of nitrogens with zero attached hydrogens (tertiary/aromatic N) is 3. The van der Waals surface area contributed by atoms with E-state index >= 15 is 0 Å². The van der Waals surface area contributed by atoms with Gasteiger partial charge in [0.1, 0.15) is 22.9 Å². The van der Waals surface area contributed by atoms with Gasteiger partial charge in [-0.2, -0.15) is 0 Å². The number of amides is 1. The minimum Gasteiger partial charge on any atom is -0.495 e. The first-order valence-corrected chi connectivity index (χ1v) is 11.6. The number of ether oxygens (including phenoxy) is 2. The maximum atomic E-state index is 12.4. The minimum absolute atomic E-state index is 0.437. The molecule has 8 heteroatoms. The van der Waals surface area contributed by atoms with Crippen LogP contribution in [0.5, 0.6) is 17.2 Å². The highest BCUT2D eigenvalue weighted by molar-refractivity contribution is 6.20. The quantitative estimate of drug-likeness (QED) is 0.231. The summed E-state index contributed by atoms with van der Waals surface area (Å²) in [5, 5.41) is 3.09. The Labute approximate surface area is 212 Å². The van der Waals surface area contributed by atoms with Gasteiger partial charge < -0.3 is 25.4 Å². The Balaban J connectivity index is 1.96. The third kappa shape index (κ3) is 5.96. The fourth-order valence-corrected chi connectivity index (χ4v) is 3.77. The molecule has 0 aliphatic carbocycles. The van der Waals surface area contributed by atoms with Crippen LogP contribution in [0.25, 0.3) is 0 Å². The molecule has 8 nitrogen and oxygen atoms in total. The number of hydrogen-bond donors (Lipinski definition) is 2. The molecular weight excluding hydrogens is 454 g/mol. The topological polar surface area (TPSA) is 92.4 Å². The number of allylic oxidation sites excluding steroid dienone is 1. The molecule has 0 saturated heterocycles. The lowest BCUT2D eigenvalue weighted by atomic mass is 10.2. The normalized spacial score (nSPS) is 11.9. The summed E-state index contributed by atoms with van der Waals surface area (Å²) in [6, 6.07) is 22.7. The second-order valence-corrected chi connectivity index (χ2v) is 7.91. The van der Waals surface area contributed by atoms with Crippen LogP contribution in [0.1, 0.15) is 13.8 Å². The fraction of sp³-hybridized carbons (Fsp3) is 0.214. The molecule has 0 saturated carbocycles. The van der Waals surface area contributed by atoms with Gasteiger partial charge in [0.05, 0.1) is 18.5 Å². The molecule has 0 aliphatic rings. The molecule has 0 unspecified atom stereocenters. The first-order chi connectivity index (χ1) is 17.4. The molecule has 3 N–H and O–H groups in total. The fourth-order valence-electron chi connectivity index (χ4n) is 3.77. The Morgan fingerprint density at radius 3 is 2.22 bits per heavy atom. The van der Waals surface area contributed by atoms with Crippen LogP contribution in [0.3, 0.4) is 0 Å². The van der Waals surface area contributed by atoms with Crippen molar-refractivity contribution >= 4 is 29.3 Å². The smallest absolute Gasteiger partial charge is 0.219 e. The number of benzene rings is 3. The Morgan fingerprint density at radius 1 is 1.03 bits per heavy atom. The van der Waals surface area contributed by atoms with Crippen molar-refractivity contribution in [3.8, 4) is 17.2 Å². The van der Waals surface area contributed by atoms with E-state index in [1.54, 1.807) is 33.2 Å². The molecule has 0 atom stereocenters. The van der Waals surface area contributed by atoms with Gasteiger partial charge in [-0.05, 0) is 68.4 Å². The maximum absolute atomic E-state index is 12.4. The second kappa shape index (κ2) is 12.3.